The minimum absolute atomic E-state index is 0.262. The van der Waals surface area contributed by atoms with Gasteiger partial charge in [-0.1, -0.05) is 49.6 Å². The Balaban J connectivity index is 1.82. The minimum atomic E-state index is 0.262. The van der Waals surface area contributed by atoms with Gasteiger partial charge in [-0.2, -0.15) is 0 Å². The Labute approximate surface area is 134 Å². The van der Waals surface area contributed by atoms with Gasteiger partial charge in [0.2, 0.25) is 0 Å². The van der Waals surface area contributed by atoms with Crippen LogP contribution in [0.25, 0.3) is 0 Å². The molecule has 22 heavy (non-hydrogen) atoms. The molecule has 3 nitrogen and oxygen atoms in total. The Bertz CT molecular complexity index is 446. The Morgan fingerprint density at radius 1 is 1.23 bits per heavy atom. The summed E-state index contributed by atoms with van der Waals surface area (Å²) in [4.78, 5) is 14.8. The maximum absolute atomic E-state index is 12.4. The van der Waals surface area contributed by atoms with Crippen LogP contribution in [-0.2, 0) is 0 Å². The van der Waals surface area contributed by atoms with Crippen molar-refractivity contribution < 1.29 is 9.90 Å². The average molecular weight is 303 g/mol. The van der Waals surface area contributed by atoms with E-state index in [0.717, 1.165) is 37.3 Å². The SMILES string of the molecule is CN1CCC(CCCCCO)CC1CC(=O)c1ccccc1. The molecule has 1 aliphatic heterocycles. The van der Waals surface area contributed by atoms with E-state index in [2.05, 4.69) is 11.9 Å². The highest BCUT2D eigenvalue weighted by Crippen LogP contribution is 2.28. The molecule has 1 aliphatic rings. The summed E-state index contributed by atoms with van der Waals surface area (Å²) < 4.78 is 0. The number of hydrogen-bond acceptors (Lipinski definition) is 3. The van der Waals surface area contributed by atoms with E-state index >= 15 is 0 Å². The second kappa shape index (κ2) is 9.06. The quantitative estimate of drug-likeness (QED) is 0.590. The lowest BCUT2D eigenvalue weighted by atomic mass is 9.84. The van der Waals surface area contributed by atoms with E-state index < -0.39 is 0 Å². The van der Waals surface area contributed by atoms with Gasteiger partial charge in [0.15, 0.2) is 5.78 Å². The topological polar surface area (TPSA) is 40.5 Å². The first-order valence-electron chi connectivity index (χ1n) is 8.60. The van der Waals surface area contributed by atoms with E-state index in [9.17, 15) is 4.79 Å². The smallest absolute Gasteiger partial charge is 0.164 e. The lowest BCUT2D eigenvalue weighted by Gasteiger charge is -2.37. The number of Topliss-reactive ketones (excluding diaryl/α,β-unsaturated/α-hetero) is 1. The molecule has 0 spiro atoms. The first-order valence-corrected chi connectivity index (χ1v) is 8.60. The van der Waals surface area contributed by atoms with Crippen molar-refractivity contribution in [2.45, 2.75) is 51.0 Å². The molecule has 122 valence electrons. The van der Waals surface area contributed by atoms with Crippen molar-refractivity contribution in [2.75, 3.05) is 20.2 Å². The number of carbonyl (C=O) groups excluding carboxylic acids is 1. The summed E-state index contributed by atoms with van der Waals surface area (Å²) in [5.41, 5.74) is 0.834. The van der Waals surface area contributed by atoms with Crippen molar-refractivity contribution in [3.8, 4) is 0 Å². The van der Waals surface area contributed by atoms with Gasteiger partial charge in [-0.05, 0) is 38.8 Å². The number of piperidine rings is 1. The zero-order valence-corrected chi connectivity index (χ0v) is 13.7. The number of rotatable bonds is 8. The highest BCUT2D eigenvalue weighted by atomic mass is 16.2. The fraction of sp³-hybridized carbons (Fsp3) is 0.632. The predicted octanol–water partition coefficient (Wildman–Crippen LogP) is 3.52. The van der Waals surface area contributed by atoms with Gasteiger partial charge in [0.1, 0.15) is 0 Å². The molecule has 2 rings (SSSR count). The van der Waals surface area contributed by atoms with E-state index in [1.807, 2.05) is 30.3 Å². The van der Waals surface area contributed by atoms with Gasteiger partial charge in [0.25, 0.3) is 0 Å². The number of ketones is 1. The average Bonchev–Trinajstić information content (AvgIpc) is 2.55. The van der Waals surface area contributed by atoms with E-state index in [4.69, 9.17) is 5.11 Å². The summed E-state index contributed by atoms with van der Waals surface area (Å²) in [6.07, 6.45) is 7.49. The largest absolute Gasteiger partial charge is 0.396 e. The third kappa shape index (κ3) is 5.22. The van der Waals surface area contributed by atoms with Crippen LogP contribution in [0.2, 0.25) is 0 Å². The molecule has 2 unspecified atom stereocenters. The van der Waals surface area contributed by atoms with Gasteiger partial charge in [-0.15, -0.1) is 0 Å². The maximum atomic E-state index is 12.4. The summed E-state index contributed by atoms with van der Waals surface area (Å²) in [5.74, 6) is 1.00. The monoisotopic (exact) mass is 303 g/mol. The highest BCUT2D eigenvalue weighted by molar-refractivity contribution is 5.96. The third-order valence-corrected chi connectivity index (χ3v) is 4.91. The Morgan fingerprint density at radius 3 is 2.73 bits per heavy atom. The molecule has 1 aromatic rings. The lowest BCUT2D eigenvalue weighted by molar-refractivity contribution is 0.0852. The number of likely N-dealkylation sites (tertiary alicyclic amines) is 1. The Morgan fingerprint density at radius 2 is 2.00 bits per heavy atom. The number of unbranched alkanes of at least 4 members (excludes halogenated alkanes) is 2. The second-order valence-electron chi connectivity index (χ2n) is 6.59. The van der Waals surface area contributed by atoms with Crippen LogP contribution in [0, 0.1) is 5.92 Å². The molecular weight excluding hydrogens is 274 g/mol. The zero-order chi connectivity index (χ0) is 15.8. The fourth-order valence-electron chi connectivity index (χ4n) is 3.43. The van der Waals surface area contributed by atoms with Crippen molar-refractivity contribution in [3.05, 3.63) is 35.9 Å². The number of benzene rings is 1. The van der Waals surface area contributed by atoms with Gasteiger partial charge >= 0.3 is 0 Å². The molecular formula is C19H29NO2. The molecule has 0 aliphatic carbocycles. The molecule has 0 saturated carbocycles. The molecule has 0 aromatic heterocycles. The summed E-state index contributed by atoms with van der Waals surface area (Å²) in [6, 6.07) is 10.0. The van der Waals surface area contributed by atoms with E-state index in [-0.39, 0.29) is 5.78 Å². The van der Waals surface area contributed by atoms with Crippen molar-refractivity contribution >= 4 is 5.78 Å². The van der Waals surface area contributed by atoms with E-state index in [0.29, 0.717) is 19.1 Å². The summed E-state index contributed by atoms with van der Waals surface area (Å²) in [6.45, 7) is 1.40. The van der Waals surface area contributed by atoms with Crippen LogP contribution < -0.4 is 0 Å². The first-order chi connectivity index (χ1) is 10.7. The van der Waals surface area contributed by atoms with Crippen LogP contribution >= 0.6 is 0 Å². The molecule has 1 fully saturated rings. The van der Waals surface area contributed by atoms with Crippen molar-refractivity contribution in [2.24, 2.45) is 5.92 Å². The van der Waals surface area contributed by atoms with Crippen molar-refractivity contribution in [1.29, 1.82) is 0 Å². The third-order valence-electron chi connectivity index (χ3n) is 4.91. The molecule has 0 amide bonds. The first kappa shape index (κ1) is 17.2. The second-order valence-corrected chi connectivity index (χ2v) is 6.59. The number of nitrogens with zero attached hydrogens (tertiary/aromatic N) is 1. The van der Waals surface area contributed by atoms with Crippen LogP contribution in [0.3, 0.4) is 0 Å². The molecule has 1 aromatic carbocycles. The molecule has 1 saturated heterocycles. The highest BCUT2D eigenvalue weighted by Gasteiger charge is 2.27. The van der Waals surface area contributed by atoms with Crippen LogP contribution in [0.1, 0.15) is 55.3 Å². The van der Waals surface area contributed by atoms with Crippen molar-refractivity contribution in [3.63, 3.8) is 0 Å². The zero-order valence-electron chi connectivity index (χ0n) is 13.7. The molecule has 0 radical (unpaired) electrons. The normalized spacial score (nSPS) is 22.6. The van der Waals surface area contributed by atoms with E-state index in [1.165, 1.54) is 19.3 Å². The van der Waals surface area contributed by atoms with Gasteiger partial charge in [-0.3, -0.25) is 4.79 Å². The van der Waals surface area contributed by atoms with Gasteiger partial charge in [0.05, 0.1) is 0 Å². The minimum Gasteiger partial charge on any atom is -0.396 e. The number of aliphatic hydroxyl groups is 1. The van der Waals surface area contributed by atoms with Gasteiger partial charge in [0, 0.05) is 24.6 Å². The Kier molecular flexibility index (Phi) is 7.07. The Hall–Kier alpha value is -1.19. The van der Waals surface area contributed by atoms with Crippen LogP contribution in [0.5, 0.6) is 0 Å². The number of aliphatic hydroxyl groups excluding tert-OH is 1. The number of hydrogen-bond donors (Lipinski definition) is 1. The molecule has 2 atom stereocenters. The molecule has 1 N–H and O–H groups in total. The van der Waals surface area contributed by atoms with Gasteiger partial charge < -0.3 is 10.0 Å². The molecule has 3 heteroatoms. The standard InChI is InChI=1S/C19H29NO2/c1-20-12-11-16(8-4-3-7-13-21)14-18(20)15-19(22)17-9-5-2-6-10-17/h2,5-6,9-10,16,18,21H,3-4,7-8,11-15H2,1H3. The molecule has 1 heterocycles. The summed E-state index contributed by atoms with van der Waals surface area (Å²) in [5, 5.41) is 8.84. The van der Waals surface area contributed by atoms with Crippen LogP contribution in [0.15, 0.2) is 30.3 Å². The van der Waals surface area contributed by atoms with Crippen LogP contribution in [0.4, 0.5) is 0 Å². The summed E-state index contributed by atoms with van der Waals surface area (Å²) in [7, 11) is 2.14. The van der Waals surface area contributed by atoms with Crippen molar-refractivity contribution in [1.82, 2.24) is 4.90 Å². The van der Waals surface area contributed by atoms with E-state index in [1.54, 1.807) is 0 Å². The van der Waals surface area contributed by atoms with Crippen LogP contribution in [-0.4, -0.2) is 42.0 Å². The molecule has 0 bridgehead atoms. The number of carbonyl (C=O) groups is 1. The fourth-order valence-corrected chi connectivity index (χ4v) is 3.43. The summed E-state index contributed by atoms with van der Waals surface area (Å²) >= 11 is 0. The predicted molar refractivity (Wildman–Crippen MR) is 90.1 cm³/mol. The maximum Gasteiger partial charge on any atom is 0.164 e. The van der Waals surface area contributed by atoms with Gasteiger partial charge in [-0.25, -0.2) is 0 Å². The lowest BCUT2D eigenvalue weighted by Crippen LogP contribution is -2.41.